The molecule has 0 unspecified atom stereocenters. The number of nitrogens with one attached hydrogen (secondary N) is 1. The van der Waals surface area contributed by atoms with Gasteiger partial charge in [0, 0.05) is 13.2 Å². The van der Waals surface area contributed by atoms with E-state index in [1.807, 2.05) is 0 Å². The Morgan fingerprint density at radius 3 is 2.65 bits per heavy atom. The highest BCUT2D eigenvalue weighted by atomic mass is 32.2. The minimum atomic E-state index is -3.12. The van der Waals surface area contributed by atoms with Crippen LogP contribution in [-0.2, 0) is 26.1 Å². The highest BCUT2D eigenvalue weighted by molar-refractivity contribution is 7.90. The maximum absolute atomic E-state index is 11.7. The van der Waals surface area contributed by atoms with Gasteiger partial charge in [0.25, 0.3) is 5.56 Å². The Bertz CT molecular complexity index is 592. The van der Waals surface area contributed by atoms with Crippen molar-refractivity contribution in [2.75, 3.05) is 13.2 Å². The number of aromatic nitrogens is 2. The molecule has 0 amide bonds. The molecule has 3 rings (SSSR count). The van der Waals surface area contributed by atoms with Crippen molar-refractivity contribution in [2.24, 2.45) is 0 Å². The van der Waals surface area contributed by atoms with Crippen molar-refractivity contribution in [3.63, 3.8) is 0 Å². The number of hydrogen-bond acceptors (Lipinski definition) is 4. The summed E-state index contributed by atoms with van der Waals surface area (Å²) in [5, 5.41) is 2.76. The van der Waals surface area contributed by atoms with Crippen LogP contribution < -0.4 is 5.56 Å². The quantitative estimate of drug-likeness (QED) is 0.766. The summed E-state index contributed by atoms with van der Waals surface area (Å²) >= 11 is 0. The van der Waals surface area contributed by atoms with E-state index in [1.165, 1.54) is 0 Å². The van der Waals surface area contributed by atoms with Crippen molar-refractivity contribution >= 4 is 9.84 Å². The second-order valence-electron chi connectivity index (χ2n) is 4.61. The second-order valence-corrected chi connectivity index (χ2v) is 6.68. The van der Waals surface area contributed by atoms with Gasteiger partial charge >= 0.3 is 0 Å². The van der Waals surface area contributed by atoms with E-state index in [-0.39, 0.29) is 23.1 Å². The summed E-state index contributed by atoms with van der Waals surface area (Å²) in [5.41, 5.74) is 0.825. The van der Waals surface area contributed by atoms with Gasteiger partial charge in [0.1, 0.15) is 0 Å². The molecular weight excluding hydrogens is 244 g/mol. The number of fused-ring (bicyclic) bond motifs is 1. The van der Waals surface area contributed by atoms with E-state index in [4.69, 9.17) is 4.74 Å². The fraction of sp³-hybridized carbons (Fsp3) is 0.700. The van der Waals surface area contributed by atoms with Crippen molar-refractivity contribution in [3.05, 3.63) is 21.6 Å². The predicted octanol–water partition coefficient (Wildman–Crippen LogP) is -0.0437. The highest BCUT2D eigenvalue weighted by Gasteiger charge is 2.33. The average molecular weight is 258 g/mol. The maximum atomic E-state index is 11.7. The monoisotopic (exact) mass is 258 g/mol. The van der Waals surface area contributed by atoms with E-state index in [9.17, 15) is 13.2 Å². The molecular formula is C10H14N2O4S. The van der Waals surface area contributed by atoms with Crippen LogP contribution in [0.2, 0.25) is 0 Å². The lowest BCUT2D eigenvalue weighted by Gasteiger charge is -2.24. The first-order valence-electron chi connectivity index (χ1n) is 5.67. The Hall–Kier alpha value is -1.08. The van der Waals surface area contributed by atoms with Gasteiger partial charge in [-0.3, -0.25) is 14.6 Å². The fourth-order valence-corrected chi connectivity index (χ4v) is 4.13. The van der Waals surface area contributed by atoms with Crippen LogP contribution in [0.15, 0.2) is 4.79 Å². The normalized spacial score (nSPS) is 23.8. The number of ether oxygens (including phenoxy) is 1. The first kappa shape index (κ1) is 11.0. The van der Waals surface area contributed by atoms with Gasteiger partial charge in [-0.2, -0.15) is 0 Å². The molecule has 0 radical (unpaired) electrons. The molecule has 6 nitrogen and oxygen atoms in total. The molecule has 2 aliphatic rings. The minimum Gasteiger partial charge on any atom is -0.381 e. The summed E-state index contributed by atoms with van der Waals surface area (Å²) in [6.07, 6.45) is 1.63. The topological polar surface area (TPSA) is 81.2 Å². The standard InChI is InChI=1S/C10H14N2O4S/c13-10-8-5-17(14,15)6-9(8)12(11-10)7-1-3-16-4-2-7/h7H,1-6H2,(H,11,13). The van der Waals surface area contributed by atoms with Crippen LogP contribution >= 0.6 is 0 Å². The Kier molecular flexibility index (Phi) is 2.41. The molecule has 7 heteroatoms. The molecule has 0 saturated carbocycles. The summed E-state index contributed by atoms with van der Waals surface area (Å²) < 4.78 is 30.1. The average Bonchev–Trinajstić information content (AvgIpc) is 2.76. The third kappa shape index (κ3) is 1.83. The van der Waals surface area contributed by atoms with Gasteiger partial charge in [-0.25, -0.2) is 8.42 Å². The fourth-order valence-electron chi connectivity index (χ4n) is 2.56. The number of rotatable bonds is 1. The highest BCUT2D eigenvalue weighted by Crippen LogP contribution is 2.28. The molecule has 17 heavy (non-hydrogen) atoms. The number of sulfone groups is 1. The molecule has 1 aromatic rings. The van der Waals surface area contributed by atoms with Crippen LogP contribution in [0.5, 0.6) is 0 Å². The summed E-state index contributed by atoms with van der Waals surface area (Å²) in [6, 6.07) is 0.161. The molecule has 0 atom stereocenters. The molecule has 0 aromatic carbocycles. The molecule has 2 aliphatic heterocycles. The third-order valence-corrected chi connectivity index (χ3v) is 4.85. The second kappa shape index (κ2) is 3.71. The smallest absolute Gasteiger partial charge is 0.268 e. The lowest BCUT2D eigenvalue weighted by molar-refractivity contribution is 0.0655. The van der Waals surface area contributed by atoms with Crippen LogP contribution in [-0.4, -0.2) is 31.4 Å². The maximum Gasteiger partial charge on any atom is 0.268 e. The Labute approximate surface area is 98.5 Å². The number of nitrogens with zero attached hydrogens (tertiary/aromatic N) is 1. The van der Waals surface area contributed by atoms with Gasteiger partial charge in [-0.15, -0.1) is 0 Å². The lowest BCUT2D eigenvalue weighted by Crippen LogP contribution is -2.23. The molecule has 1 N–H and O–H groups in total. The number of hydrogen-bond donors (Lipinski definition) is 1. The Balaban J connectivity index is 2.03. The van der Waals surface area contributed by atoms with Gasteiger partial charge in [0.2, 0.25) is 0 Å². The molecule has 94 valence electrons. The van der Waals surface area contributed by atoms with Crippen molar-refractivity contribution < 1.29 is 13.2 Å². The molecule has 0 bridgehead atoms. The first-order chi connectivity index (χ1) is 8.07. The predicted molar refractivity (Wildman–Crippen MR) is 60.5 cm³/mol. The van der Waals surface area contributed by atoms with E-state index in [0.717, 1.165) is 12.8 Å². The summed E-state index contributed by atoms with van der Waals surface area (Å²) in [6.45, 7) is 1.32. The van der Waals surface area contributed by atoms with Crippen LogP contribution in [0.4, 0.5) is 0 Å². The third-order valence-electron chi connectivity index (χ3n) is 3.41. The number of aromatic amines is 1. The van der Waals surface area contributed by atoms with Crippen LogP contribution in [0.1, 0.15) is 30.1 Å². The van der Waals surface area contributed by atoms with Crippen LogP contribution in [0.3, 0.4) is 0 Å². The van der Waals surface area contributed by atoms with E-state index in [1.54, 1.807) is 4.68 Å². The molecule has 1 saturated heterocycles. The number of H-pyrrole nitrogens is 1. The van der Waals surface area contributed by atoms with Gasteiger partial charge in [-0.05, 0) is 12.8 Å². The van der Waals surface area contributed by atoms with Gasteiger partial charge in [0.05, 0.1) is 28.8 Å². The Morgan fingerprint density at radius 1 is 1.24 bits per heavy atom. The van der Waals surface area contributed by atoms with Gasteiger partial charge in [-0.1, -0.05) is 0 Å². The lowest BCUT2D eigenvalue weighted by atomic mass is 10.1. The van der Waals surface area contributed by atoms with Gasteiger partial charge in [0.15, 0.2) is 9.84 Å². The van der Waals surface area contributed by atoms with E-state index >= 15 is 0 Å². The van der Waals surface area contributed by atoms with Crippen molar-refractivity contribution in [1.82, 2.24) is 9.78 Å². The summed E-state index contributed by atoms with van der Waals surface area (Å²) in [4.78, 5) is 11.7. The van der Waals surface area contributed by atoms with Crippen molar-refractivity contribution in [1.29, 1.82) is 0 Å². The summed E-state index contributed by atoms with van der Waals surface area (Å²) in [7, 11) is -3.12. The minimum absolute atomic E-state index is 0.0154. The van der Waals surface area contributed by atoms with Crippen molar-refractivity contribution in [2.45, 2.75) is 30.4 Å². The van der Waals surface area contributed by atoms with Crippen LogP contribution in [0, 0.1) is 0 Å². The van der Waals surface area contributed by atoms with E-state index < -0.39 is 9.84 Å². The van der Waals surface area contributed by atoms with Gasteiger partial charge < -0.3 is 4.74 Å². The molecule has 1 fully saturated rings. The molecule has 1 aromatic heterocycles. The molecule has 3 heterocycles. The molecule has 0 spiro atoms. The largest absolute Gasteiger partial charge is 0.381 e. The summed E-state index contributed by atoms with van der Waals surface area (Å²) in [5.74, 6) is -0.133. The zero-order chi connectivity index (χ0) is 12.0. The van der Waals surface area contributed by atoms with E-state index in [2.05, 4.69) is 5.10 Å². The first-order valence-corrected chi connectivity index (χ1v) is 7.49. The van der Waals surface area contributed by atoms with Crippen LogP contribution in [0.25, 0.3) is 0 Å². The van der Waals surface area contributed by atoms with E-state index in [0.29, 0.717) is 24.5 Å². The SMILES string of the molecule is O=c1[nH]n(C2CCOCC2)c2c1CS(=O)(=O)C2. The molecule has 0 aliphatic carbocycles. The Morgan fingerprint density at radius 2 is 1.94 bits per heavy atom. The zero-order valence-corrected chi connectivity index (χ0v) is 10.1. The van der Waals surface area contributed by atoms with Crippen molar-refractivity contribution in [3.8, 4) is 0 Å². The zero-order valence-electron chi connectivity index (χ0n) is 9.31.